The molecule has 1 amide bonds. The van der Waals surface area contributed by atoms with Crippen molar-refractivity contribution >= 4 is 17.4 Å². The summed E-state index contributed by atoms with van der Waals surface area (Å²) in [5.74, 6) is 1.02. The molecule has 0 saturated heterocycles. The first-order valence-electron chi connectivity index (χ1n) is 8.21. The van der Waals surface area contributed by atoms with Crippen LogP contribution in [0.3, 0.4) is 0 Å². The summed E-state index contributed by atoms with van der Waals surface area (Å²) in [5, 5.41) is 6.02. The number of hydrogen-bond acceptors (Lipinski definition) is 5. The Morgan fingerprint density at radius 3 is 2.73 bits per heavy atom. The predicted octanol–water partition coefficient (Wildman–Crippen LogP) is 3.47. The van der Waals surface area contributed by atoms with Crippen molar-refractivity contribution in [2.45, 2.75) is 13.5 Å². The molecule has 3 rings (SSSR count). The number of amides is 1. The van der Waals surface area contributed by atoms with E-state index in [-0.39, 0.29) is 5.91 Å². The highest BCUT2D eigenvalue weighted by Gasteiger charge is 2.09. The van der Waals surface area contributed by atoms with Gasteiger partial charge in [-0.05, 0) is 24.6 Å². The first-order chi connectivity index (χ1) is 12.6. The molecule has 0 saturated carbocycles. The van der Waals surface area contributed by atoms with Gasteiger partial charge in [-0.2, -0.15) is 0 Å². The minimum atomic E-state index is -0.248. The van der Waals surface area contributed by atoms with Crippen LogP contribution in [0.15, 0.2) is 60.9 Å². The normalized spacial score (nSPS) is 10.2. The molecule has 6 nitrogen and oxygen atoms in total. The van der Waals surface area contributed by atoms with Gasteiger partial charge in [-0.25, -0.2) is 9.97 Å². The highest BCUT2D eigenvalue weighted by Crippen LogP contribution is 2.20. The topological polar surface area (TPSA) is 76.1 Å². The fourth-order valence-electron chi connectivity index (χ4n) is 2.49. The van der Waals surface area contributed by atoms with E-state index in [1.54, 1.807) is 13.2 Å². The Balaban J connectivity index is 1.67. The lowest BCUT2D eigenvalue weighted by Gasteiger charge is -2.09. The number of rotatable bonds is 6. The van der Waals surface area contributed by atoms with E-state index in [1.807, 2.05) is 55.5 Å². The number of nitrogens with zero attached hydrogens (tertiary/aromatic N) is 2. The lowest BCUT2D eigenvalue weighted by Crippen LogP contribution is -2.24. The molecule has 0 fully saturated rings. The number of ether oxygens (including phenoxy) is 1. The second-order valence-electron chi connectivity index (χ2n) is 5.82. The first kappa shape index (κ1) is 17.4. The number of carbonyl (C=O) groups is 1. The highest BCUT2D eigenvalue weighted by molar-refractivity contribution is 5.92. The van der Waals surface area contributed by atoms with Crippen LogP contribution >= 0.6 is 0 Å². The summed E-state index contributed by atoms with van der Waals surface area (Å²) < 4.78 is 5.20. The Hall–Kier alpha value is -3.41. The molecule has 2 aromatic carbocycles. The molecule has 0 aliphatic heterocycles. The maximum absolute atomic E-state index is 12.4. The van der Waals surface area contributed by atoms with Crippen LogP contribution < -0.4 is 15.4 Å². The van der Waals surface area contributed by atoms with Crippen LogP contribution in [-0.2, 0) is 6.54 Å². The molecule has 1 heterocycles. The fraction of sp³-hybridized carbons (Fsp3) is 0.150. The number of anilines is 2. The van der Waals surface area contributed by atoms with Crippen LogP contribution in [0.4, 0.5) is 11.5 Å². The van der Waals surface area contributed by atoms with Crippen molar-refractivity contribution in [3.05, 3.63) is 77.7 Å². The predicted molar refractivity (Wildman–Crippen MR) is 101 cm³/mol. The third-order valence-corrected chi connectivity index (χ3v) is 3.78. The van der Waals surface area contributed by atoms with Crippen molar-refractivity contribution in [3.63, 3.8) is 0 Å². The van der Waals surface area contributed by atoms with Crippen LogP contribution in [-0.4, -0.2) is 23.0 Å². The van der Waals surface area contributed by atoms with E-state index in [0.29, 0.717) is 18.1 Å². The molecule has 0 unspecified atom stereocenters. The van der Waals surface area contributed by atoms with Gasteiger partial charge in [-0.1, -0.05) is 35.9 Å². The zero-order chi connectivity index (χ0) is 18.4. The zero-order valence-electron chi connectivity index (χ0n) is 14.7. The van der Waals surface area contributed by atoms with Gasteiger partial charge < -0.3 is 15.4 Å². The summed E-state index contributed by atoms with van der Waals surface area (Å²) in [6, 6.07) is 17.1. The number of benzene rings is 2. The van der Waals surface area contributed by atoms with Crippen LogP contribution in [0.1, 0.15) is 21.6 Å². The summed E-state index contributed by atoms with van der Waals surface area (Å²) >= 11 is 0. The Morgan fingerprint density at radius 1 is 1.08 bits per heavy atom. The van der Waals surface area contributed by atoms with Gasteiger partial charge >= 0.3 is 0 Å². The molecular weight excluding hydrogens is 328 g/mol. The third-order valence-electron chi connectivity index (χ3n) is 3.78. The lowest BCUT2D eigenvalue weighted by atomic mass is 10.1. The number of hydrogen-bond donors (Lipinski definition) is 2. The van der Waals surface area contributed by atoms with Crippen LogP contribution in [0.25, 0.3) is 0 Å². The van der Waals surface area contributed by atoms with Crippen molar-refractivity contribution in [1.29, 1.82) is 0 Å². The minimum Gasteiger partial charge on any atom is -0.497 e. The number of aryl methyl sites for hydroxylation is 1. The van der Waals surface area contributed by atoms with E-state index in [4.69, 9.17) is 4.74 Å². The molecule has 3 aromatic rings. The van der Waals surface area contributed by atoms with Crippen molar-refractivity contribution in [2.24, 2.45) is 0 Å². The molecule has 2 N–H and O–H groups in total. The van der Waals surface area contributed by atoms with E-state index in [1.165, 1.54) is 6.33 Å². The molecule has 0 radical (unpaired) electrons. The average molecular weight is 348 g/mol. The van der Waals surface area contributed by atoms with E-state index in [2.05, 4.69) is 20.6 Å². The Labute approximate surface area is 152 Å². The Kier molecular flexibility index (Phi) is 5.43. The Morgan fingerprint density at radius 2 is 1.92 bits per heavy atom. The molecule has 6 heteroatoms. The molecule has 0 spiro atoms. The molecular formula is C20H20N4O2. The standard InChI is InChI=1S/C20H20N4O2/c1-14-5-3-6-15(9-14)12-21-20(25)18-11-19(23-13-22-18)24-16-7-4-8-17(10-16)26-2/h3-11,13H,12H2,1-2H3,(H,21,25)(H,22,23,24). The molecule has 0 atom stereocenters. The summed E-state index contributed by atoms with van der Waals surface area (Å²) in [7, 11) is 1.61. The average Bonchev–Trinajstić information content (AvgIpc) is 2.66. The second kappa shape index (κ2) is 8.11. The first-order valence-corrected chi connectivity index (χ1v) is 8.21. The van der Waals surface area contributed by atoms with Crippen molar-refractivity contribution in [1.82, 2.24) is 15.3 Å². The number of carbonyl (C=O) groups excluding carboxylic acids is 1. The van der Waals surface area contributed by atoms with Gasteiger partial charge in [0.2, 0.25) is 0 Å². The number of methoxy groups -OCH3 is 1. The summed E-state index contributed by atoms with van der Waals surface area (Å²) in [6.07, 6.45) is 1.37. The van der Waals surface area contributed by atoms with E-state index < -0.39 is 0 Å². The molecule has 132 valence electrons. The molecule has 0 aliphatic rings. The van der Waals surface area contributed by atoms with Crippen LogP contribution in [0, 0.1) is 6.92 Å². The molecule has 0 bridgehead atoms. The Bertz CT molecular complexity index is 912. The van der Waals surface area contributed by atoms with Crippen molar-refractivity contribution in [3.8, 4) is 5.75 Å². The maximum atomic E-state index is 12.4. The smallest absolute Gasteiger partial charge is 0.270 e. The van der Waals surface area contributed by atoms with Gasteiger partial charge in [-0.15, -0.1) is 0 Å². The summed E-state index contributed by atoms with van der Waals surface area (Å²) in [4.78, 5) is 20.6. The zero-order valence-corrected chi connectivity index (χ0v) is 14.7. The van der Waals surface area contributed by atoms with Crippen molar-refractivity contribution < 1.29 is 9.53 Å². The fourth-order valence-corrected chi connectivity index (χ4v) is 2.49. The summed E-state index contributed by atoms with van der Waals surface area (Å²) in [6.45, 7) is 2.47. The SMILES string of the molecule is COc1cccc(Nc2cc(C(=O)NCc3cccc(C)c3)ncn2)c1. The van der Waals surface area contributed by atoms with Gasteiger partial charge in [0.15, 0.2) is 0 Å². The number of aromatic nitrogens is 2. The van der Waals surface area contributed by atoms with E-state index in [9.17, 15) is 4.79 Å². The van der Waals surface area contributed by atoms with Gasteiger partial charge in [-0.3, -0.25) is 4.79 Å². The molecule has 26 heavy (non-hydrogen) atoms. The maximum Gasteiger partial charge on any atom is 0.270 e. The molecule has 1 aromatic heterocycles. The van der Waals surface area contributed by atoms with Crippen LogP contribution in [0.2, 0.25) is 0 Å². The highest BCUT2D eigenvalue weighted by atomic mass is 16.5. The monoisotopic (exact) mass is 348 g/mol. The van der Waals surface area contributed by atoms with E-state index in [0.717, 1.165) is 22.6 Å². The third kappa shape index (κ3) is 4.57. The van der Waals surface area contributed by atoms with Gasteiger partial charge in [0.1, 0.15) is 23.6 Å². The lowest BCUT2D eigenvalue weighted by molar-refractivity contribution is 0.0946. The minimum absolute atomic E-state index is 0.248. The summed E-state index contributed by atoms with van der Waals surface area (Å²) in [5.41, 5.74) is 3.32. The van der Waals surface area contributed by atoms with Gasteiger partial charge in [0.05, 0.1) is 7.11 Å². The van der Waals surface area contributed by atoms with E-state index >= 15 is 0 Å². The van der Waals surface area contributed by atoms with Crippen LogP contribution in [0.5, 0.6) is 5.75 Å². The van der Waals surface area contributed by atoms with Gasteiger partial charge in [0, 0.05) is 24.4 Å². The quantitative estimate of drug-likeness (QED) is 0.713. The second-order valence-corrected chi connectivity index (χ2v) is 5.82. The van der Waals surface area contributed by atoms with Crippen molar-refractivity contribution in [2.75, 3.05) is 12.4 Å². The largest absolute Gasteiger partial charge is 0.497 e. The molecule has 0 aliphatic carbocycles. The van der Waals surface area contributed by atoms with Gasteiger partial charge in [0.25, 0.3) is 5.91 Å². The number of nitrogens with one attached hydrogen (secondary N) is 2.